The molecule has 0 heterocycles. The maximum absolute atomic E-state index is 12.0. The number of methoxy groups -OCH3 is 3. The molecule has 2 aromatic carbocycles. The molecule has 0 saturated heterocycles. The predicted molar refractivity (Wildman–Crippen MR) is 89.5 cm³/mol. The first-order valence-corrected chi connectivity index (χ1v) is 7.51. The number of carbonyl (C=O) groups excluding carboxylic acids is 2. The molecule has 0 aliphatic rings. The summed E-state index contributed by atoms with van der Waals surface area (Å²) in [4.78, 5) is 23.7. The van der Waals surface area contributed by atoms with E-state index in [9.17, 15) is 9.59 Å². The molecule has 0 spiro atoms. The van der Waals surface area contributed by atoms with Crippen molar-refractivity contribution in [1.82, 2.24) is 0 Å². The lowest BCUT2D eigenvalue weighted by molar-refractivity contribution is 0.0598. The molecule has 0 aliphatic heterocycles. The Morgan fingerprint density at radius 3 is 2.29 bits per heavy atom. The van der Waals surface area contributed by atoms with Crippen LogP contribution in [-0.4, -0.2) is 33.3 Å². The molecule has 5 nitrogen and oxygen atoms in total. The molecule has 5 heteroatoms. The maximum Gasteiger partial charge on any atom is 0.338 e. The molecule has 2 aromatic rings. The number of rotatable bonds is 6. The Labute approximate surface area is 141 Å². The van der Waals surface area contributed by atoms with E-state index in [2.05, 4.69) is 0 Å². The molecule has 0 N–H and O–H groups in total. The first-order valence-electron chi connectivity index (χ1n) is 7.51. The minimum absolute atomic E-state index is 0.322. The van der Waals surface area contributed by atoms with Crippen LogP contribution in [0.5, 0.6) is 5.75 Å². The average Bonchev–Trinajstić information content (AvgIpc) is 2.65. The van der Waals surface area contributed by atoms with Crippen LogP contribution in [0.25, 0.3) is 0 Å². The fraction of sp³-hybridized carbons (Fsp3) is 0.263. The van der Waals surface area contributed by atoms with Gasteiger partial charge in [0.1, 0.15) is 5.75 Å². The van der Waals surface area contributed by atoms with Gasteiger partial charge in [0.2, 0.25) is 0 Å². The molecule has 0 bridgehead atoms. The van der Waals surface area contributed by atoms with Crippen molar-refractivity contribution < 1.29 is 23.8 Å². The van der Waals surface area contributed by atoms with Gasteiger partial charge in [0.05, 0.1) is 32.5 Å². The van der Waals surface area contributed by atoms with E-state index in [4.69, 9.17) is 14.2 Å². The number of hydrogen-bond acceptors (Lipinski definition) is 5. The van der Waals surface area contributed by atoms with Crippen LogP contribution in [0.3, 0.4) is 0 Å². The molecule has 126 valence electrons. The lowest BCUT2D eigenvalue weighted by atomic mass is 9.97. The lowest BCUT2D eigenvalue weighted by Gasteiger charge is -2.10. The summed E-state index contributed by atoms with van der Waals surface area (Å²) in [5, 5.41) is 0. The third-order valence-corrected chi connectivity index (χ3v) is 3.75. The Morgan fingerprint density at radius 2 is 1.62 bits per heavy atom. The first-order chi connectivity index (χ1) is 11.6. The Kier molecular flexibility index (Phi) is 5.95. The maximum atomic E-state index is 12.0. The number of hydrogen-bond donors (Lipinski definition) is 0. The normalized spacial score (nSPS) is 10.1. The monoisotopic (exact) mass is 328 g/mol. The van der Waals surface area contributed by atoms with Crippen LogP contribution in [0, 0.1) is 0 Å². The second kappa shape index (κ2) is 8.15. The van der Waals surface area contributed by atoms with Crippen LogP contribution in [0.2, 0.25) is 0 Å². The van der Waals surface area contributed by atoms with Crippen molar-refractivity contribution in [2.24, 2.45) is 0 Å². The molecule has 0 unspecified atom stereocenters. The van der Waals surface area contributed by atoms with Gasteiger partial charge in [-0.3, -0.25) is 0 Å². The van der Waals surface area contributed by atoms with Crippen molar-refractivity contribution in [3.8, 4) is 5.75 Å². The molecular weight excluding hydrogens is 308 g/mol. The zero-order valence-corrected chi connectivity index (χ0v) is 14.0. The molecule has 2 rings (SSSR count). The van der Waals surface area contributed by atoms with E-state index in [1.807, 2.05) is 24.3 Å². The second-order valence-electron chi connectivity index (χ2n) is 5.21. The van der Waals surface area contributed by atoms with E-state index in [1.54, 1.807) is 19.2 Å². The molecule has 0 saturated carbocycles. The summed E-state index contributed by atoms with van der Waals surface area (Å²) in [6.45, 7) is 0. The largest absolute Gasteiger partial charge is 0.497 e. The number of esters is 2. The summed E-state index contributed by atoms with van der Waals surface area (Å²) in [6, 6.07) is 12.7. The molecule has 0 radical (unpaired) electrons. The average molecular weight is 328 g/mol. The molecule has 0 amide bonds. The van der Waals surface area contributed by atoms with E-state index in [0.717, 1.165) is 23.3 Å². The summed E-state index contributed by atoms with van der Waals surface area (Å²) in [5.41, 5.74) is 2.62. The van der Waals surface area contributed by atoms with Gasteiger partial charge in [-0.05, 0) is 48.2 Å². The third-order valence-electron chi connectivity index (χ3n) is 3.75. The third kappa shape index (κ3) is 4.13. The quantitative estimate of drug-likeness (QED) is 0.763. The van der Waals surface area contributed by atoms with Crippen LogP contribution in [0.4, 0.5) is 0 Å². The lowest BCUT2D eigenvalue weighted by Crippen LogP contribution is -2.10. The Morgan fingerprint density at radius 1 is 0.875 bits per heavy atom. The van der Waals surface area contributed by atoms with Crippen LogP contribution in [0.15, 0.2) is 42.5 Å². The van der Waals surface area contributed by atoms with Crippen molar-refractivity contribution >= 4 is 11.9 Å². The van der Waals surface area contributed by atoms with Crippen LogP contribution < -0.4 is 4.74 Å². The fourth-order valence-electron chi connectivity index (χ4n) is 2.45. The van der Waals surface area contributed by atoms with Gasteiger partial charge in [0.15, 0.2) is 0 Å². The highest BCUT2D eigenvalue weighted by atomic mass is 16.5. The predicted octanol–water partition coefficient (Wildman–Crippen LogP) is 3.05. The minimum Gasteiger partial charge on any atom is -0.497 e. The van der Waals surface area contributed by atoms with Gasteiger partial charge < -0.3 is 14.2 Å². The standard InChI is InChI=1S/C19H20O5/c1-22-16-6-4-5-13(11-16)7-8-14-9-10-15(18(20)23-2)12-17(14)19(21)24-3/h4-6,9-12H,7-8H2,1-3H3. The van der Waals surface area contributed by atoms with Crippen molar-refractivity contribution in [3.05, 3.63) is 64.7 Å². The van der Waals surface area contributed by atoms with Crippen LogP contribution in [0.1, 0.15) is 31.8 Å². The summed E-state index contributed by atoms with van der Waals surface area (Å²) in [6.07, 6.45) is 1.37. The smallest absolute Gasteiger partial charge is 0.338 e. The van der Waals surface area contributed by atoms with Gasteiger partial charge >= 0.3 is 11.9 Å². The fourth-order valence-corrected chi connectivity index (χ4v) is 2.45. The van der Waals surface area contributed by atoms with E-state index in [0.29, 0.717) is 17.5 Å². The van der Waals surface area contributed by atoms with Crippen molar-refractivity contribution in [1.29, 1.82) is 0 Å². The zero-order valence-electron chi connectivity index (χ0n) is 14.0. The minimum atomic E-state index is -0.487. The van der Waals surface area contributed by atoms with Crippen molar-refractivity contribution in [3.63, 3.8) is 0 Å². The number of benzene rings is 2. The van der Waals surface area contributed by atoms with E-state index < -0.39 is 11.9 Å². The van der Waals surface area contributed by atoms with Gasteiger partial charge in [0.25, 0.3) is 0 Å². The topological polar surface area (TPSA) is 61.8 Å². The van der Waals surface area contributed by atoms with Crippen LogP contribution in [-0.2, 0) is 22.3 Å². The number of ether oxygens (including phenoxy) is 3. The van der Waals surface area contributed by atoms with Gasteiger partial charge in [-0.2, -0.15) is 0 Å². The highest BCUT2D eigenvalue weighted by molar-refractivity contribution is 5.96. The number of carbonyl (C=O) groups is 2. The Hall–Kier alpha value is -2.82. The van der Waals surface area contributed by atoms with Crippen molar-refractivity contribution in [2.45, 2.75) is 12.8 Å². The van der Waals surface area contributed by atoms with E-state index in [-0.39, 0.29) is 0 Å². The Balaban J connectivity index is 2.24. The summed E-state index contributed by atoms with van der Waals surface area (Å²) < 4.78 is 14.7. The first kappa shape index (κ1) is 17.5. The van der Waals surface area contributed by atoms with E-state index >= 15 is 0 Å². The second-order valence-corrected chi connectivity index (χ2v) is 5.21. The van der Waals surface area contributed by atoms with Crippen LogP contribution >= 0.6 is 0 Å². The molecule has 0 aliphatic carbocycles. The highest BCUT2D eigenvalue weighted by Gasteiger charge is 2.16. The van der Waals surface area contributed by atoms with Gasteiger partial charge in [-0.25, -0.2) is 9.59 Å². The highest BCUT2D eigenvalue weighted by Crippen LogP contribution is 2.19. The molecule has 0 atom stereocenters. The van der Waals surface area contributed by atoms with Gasteiger partial charge in [-0.15, -0.1) is 0 Å². The van der Waals surface area contributed by atoms with Gasteiger partial charge in [-0.1, -0.05) is 18.2 Å². The van der Waals surface area contributed by atoms with Gasteiger partial charge in [0, 0.05) is 0 Å². The number of aryl methyl sites for hydroxylation is 2. The molecular formula is C19H20O5. The SMILES string of the molecule is COC(=O)c1ccc(CCc2cccc(OC)c2)c(C(=O)OC)c1. The summed E-state index contributed by atoms with van der Waals surface area (Å²) in [5.74, 6) is -0.164. The van der Waals surface area contributed by atoms with E-state index in [1.165, 1.54) is 20.3 Å². The summed E-state index contributed by atoms with van der Waals surface area (Å²) in [7, 11) is 4.25. The zero-order chi connectivity index (χ0) is 17.5. The Bertz CT molecular complexity index is 736. The van der Waals surface area contributed by atoms with Crippen molar-refractivity contribution in [2.75, 3.05) is 21.3 Å². The molecule has 24 heavy (non-hydrogen) atoms. The molecule has 0 fully saturated rings. The molecule has 0 aromatic heterocycles. The summed E-state index contributed by atoms with van der Waals surface area (Å²) >= 11 is 0.